The van der Waals surface area contributed by atoms with Crippen molar-refractivity contribution < 1.29 is 14.6 Å². The van der Waals surface area contributed by atoms with Crippen LogP contribution in [0.3, 0.4) is 0 Å². The molecule has 0 heterocycles. The number of ether oxygens (including phenoxy) is 1. The lowest BCUT2D eigenvalue weighted by Crippen LogP contribution is -2.31. The molecule has 3 heteroatoms. The minimum absolute atomic E-state index is 0.0140. The second-order valence-electron chi connectivity index (χ2n) is 4.68. The van der Waals surface area contributed by atoms with Gasteiger partial charge in [0.15, 0.2) is 0 Å². The van der Waals surface area contributed by atoms with Crippen molar-refractivity contribution in [2.75, 3.05) is 0 Å². The highest BCUT2D eigenvalue weighted by Crippen LogP contribution is 2.23. The monoisotopic (exact) mass is 222 g/mol. The molecular weight excluding hydrogens is 204 g/mol. The molecule has 1 aromatic rings. The van der Waals surface area contributed by atoms with Gasteiger partial charge in [-0.1, -0.05) is 6.07 Å². The van der Waals surface area contributed by atoms with Crippen molar-refractivity contribution in [1.29, 1.82) is 0 Å². The molecule has 0 radical (unpaired) electrons. The number of rotatable bonds is 4. The van der Waals surface area contributed by atoms with Crippen LogP contribution in [-0.2, 0) is 4.79 Å². The van der Waals surface area contributed by atoms with Gasteiger partial charge in [0.25, 0.3) is 0 Å². The summed E-state index contributed by atoms with van der Waals surface area (Å²) in [6.45, 7) is 7.58. The fourth-order valence-electron chi connectivity index (χ4n) is 1.50. The van der Waals surface area contributed by atoms with E-state index in [0.29, 0.717) is 5.75 Å². The normalized spacial score (nSPS) is 11.2. The van der Waals surface area contributed by atoms with Gasteiger partial charge in [-0.25, -0.2) is 0 Å². The highest BCUT2D eigenvalue weighted by molar-refractivity contribution is 5.68. The molecule has 0 aliphatic carbocycles. The molecule has 1 aromatic carbocycles. The zero-order valence-electron chi connectivity index (χ0n) is 10.2. The van der Waals surface area contributed by atoms with Crippen LogP contribution < -0.4 is 4.74 Å². The standard InChI is InChI=1S/C13H18O3/c1-9-5-6-11(7-10(9)2)16-13(3,4)8-12(14)15/h5-7H,8H2,1-4H3,(H,14,15). The summed E-state index contributed by atoms with van der Waals surface area (Å²) in [4.78, 5) is 10.6. The van der Waals surface area contributed by atoms with Crippen LogP contribution in [-0.4, -0.2) is 16.7 Å². The summed E-state index contributed by atoms with van der Waals surface area (Å²) in [6, 6.07) is 5.77. The average Bonchev–Trinajstić information content (AvgIpc) is 2.08. The number of benzene rings is 1. The number of aryl methyl sites for hydroxylation is 2. The van der Waals surface area contributed by atoms with E-state index in [1.165, 1.54) is 5.56 Å². The third kappa shape index (κ3) is 3.57. The lowest BCUT2D eigenvalue weighted by atomic mass is 10.0. The van der Waals surface area contributed by atoms with E-state index in [-0.39, 0.29) is 6.42 Å². The lowest BCUT2D eigenvalue weighted by molar-refractivity contribution is -0.140. The van der Waals surface area contributed by atoms with E-state index in [1.807, 2.05) is 32.0 Å². The van der Waals surface area contributed by atoms with E-state index in [1.54, 1.807) is 13.8 Å². The lowest BCUT2D eigenvalue weighted by Gasteiger charge is -2.25. The Kier molecular flexibility index (Phi) is 3.58. The Bertz CT molecular complexity index is 394. The van der Waals surface area contributed by atoms with E-state index >= 15 is 0 Å². The molecule has 88 valence electrons. The molecular formula is C13H18O3. The van der Waals surface area contributed by atoms with Gasteiger partial charge in [0, 0.05) is 0 Å². The molecule has 0 aliphatic rings. The van der Waals surface area contributed by atoms with E-state index in [4.69, 9.17) is 9.84 Å². The first-order valence-electron chi connectivity index (χ1n) is 5.28. The van der Waals surface area contributed by atoms with Gasteiger partial charge in [-0.05, 0) is 51.0 Å². The Balaban J connectivity index is 2.79. The van der Waals surface area contributed by atoms with Crippen LogP contribution in [0.1, 0.15) is 31.4 Å². The minimum atomic E-state index is -0.853. The van der Waals surface area contributed by atoms with Crippen molar-refractivity contribution >= 4 is 5.97 Å². The van der Waals surface area contributed by atoms with Gasteiger partial charge in [0.2, 0.25) is 0 Å². The Morgan fingerprint density at radius 1 is 1.31 bits per heavy atom. The number of hydrogen-bond donors (Lipinski definition) is 1. The summed E-state index contributed by atoms with van der Waals surface area (Å²) < 4.78 is 5.67. The molecule has 0 bridgehead atoms. The van der Waals surface area contributed by atoms with Gasteiger partial charge < -0.3 is 9.84 Å². The molecule has 0 unspecified atom stereocenters. The third-order valence-corrected chi connectivity index (χ3v) is 2.45. The topological polar surface area (TPSA) is 46.5 Å². The summed E-state index contributed by atoms with van der Waals surface area (Å²) in [5.74, 6) is -0.136. The first-order valence-corrected chi connectivity index (χ1v) is 5.28. The Labute approximate surface area is 96.1 Å². The number of carboxylic acid groups (broad SMARTS) is 1. The summed E-state index contributed by atoms with van der Waals surface area (Å²) >= 11 is 0. The first kappa shape index (κ1) is 12.6. The fraction of sp³-hybridized carbons (Fsp3) is 0.462. The number of carbonyl (C=O) groups is 1. The maximum atomic E-state index is 10.6. The van der Waals surface area contributed by atoms with E-state index in [2.05, 4.69) is 0 Å². The Morgan fingerprint density at radius 2 is 1.94 bits per heavy atom. The summed E-state index contributed by atoms with van der Waals surface area (Å²) in [5, 5.41) is 8.75. The first-order chi connectivity index (χ1) is 7.30. The quantitative estimate of drug-likeness (QED) is 0.852. The predicted octanol–water partition coefficient (Wildman–Crippen LogP) is 2.94. The molecule has 0 saturated carbocycles. The second kappa shape index (κ2) is 4.56. The molecule has 0 aliphatic heterocycles. The van der Waals surface area contributed by atoms with Crippen LogP contribution in [0, 0.1) is 13.8 Å². The van der Waals surface area contributed by atoms with Gasteiger partial charge in [0.1, 0.15) is 11.4 Å². The minimum Gasteiger partial charge on any atom is -0.487 e. The predicted molar refractivity (Wildman–Crippen MR) is 62.9 cm³/mol. The number of hydrogen-bond acceptors (Lipinski definition) is 2. The van der Waals surface area contributed by atoms with Crippen molar-refractivity contribution in [2.45, 2.75) is 39.7 Å². The molecule has 16 heavy (non-hydrogen) atoms. The second-order valence-corrected chi connectivity index (χ2v) is 4.68. The molecule has 1 rings (SSSR count). The number of aliphatic carboxylic acids is 1. The van der Waals surface area contributed by atoms with Gasteiger partial charge in [-0.3, -0.25) is 4.79 Å². The Hall–Kier alpha value is -1.51. The fourth-order valence-corrected chi connectivity index (χ4v) is 1.50. The highest BCUT2D eigenvalue weighted by Gasteiger charge is 2.23. The zero-order valence-corrected chi connectivity index (χ0v) is 10.2. The van der Waals surface area contributed by atoms with E-state index in [9.17, 15) is 4.79 Å². The molecule has 1 N–H and O–H groups in total. The molecule has 0 atom stereocenters. The van der Waals surface area contributed by atoms with Crippen LogP contribution >= 0.6 is 0 Å². The Morgan fingerprint density at radius 3 is 2.44 bits per heavy atom. The molecule has 0 spiro atoms. The smallest absolute Gasteiger partial charge is 0.307 e. The molecule has 0 aromatic heterocycles. The van der Waals surface area contributed by atoms with Crippen LogP contribution in [0.15, 0.2) is 18.2 Å². The van der Waals surface area contributed by atoms with Gasteiger partial charge in [0.05, 0.1) is 6.42 Å². The van der Waals surface area contributed by atoms with Crippen LogP contribution in [0.5, 0.6) is 5.75 Å². The summed E-state index contributed by atoms with van der Waals surface area (Å²) in [7, 11) is 0. The summed E-state index contributed by atoms with van der Waals surface area (Å²) in [6.07, 6.45) is -0.0140. The third-order valence-electron chi connectivity index (χ3n) is 2.45. The van der Waals surface area contributed by atoms with Crippen molar-refractivity contribution in [3.8, 4) is 5.75 Å². The van der Waals surface area contributed by atoms with E-state index < -0.39 is 11.6 Å². The van der Waals surface area contributed by atoms with Gasteiger partial charge in [-0.15, -0.1) is 0 Å². The van der Waals surface area contributed by atoms with Crippen molar-refractivity contribution in [2.24, 2.45) is 0 Å². The SMILES string of the molecule is Cc1ccc(OC(C)(C)CC(=O)O)cc1C. The van der Waals surface area contributed by atoms with E-state index in [0.717, 1.165) is 5.56 Å². The zero-order chi connectivity index (χ0) is 12.3. The maximum absolute atomic E-state index is 10.6. The largest absolute Gasteiger partial charge is 0.487 e. The summed E-state index contributed by atoms with van der Waals surface area (Å²) in [5.41, 5.74) is 1.65. The van der Waals surface area contributed by atoms with Crippen molar-refractivity contribution in [3.63, 3.8) is 0 Å². The average molecular weight is 222 g/mol. The van der Waals surface area contributed by atoms with Crippen LogP contribution in [0.25, 0.3) is 0 Å². The van der Waals surface area contributed by atoms with Crippen molar-refractivity contribution in [1.82, 2.24) is 0 Å². The highest BCUT2D eigenvalue weighted by atomic mass is 16.5. The van der Waals surface area contributed by atoms with Crippen LogP contribution in [0.2, 0.25) is 0 Å². The molecule has 3 nitrogen and oxygen atoms in total. The van der Waals surface area contributed by atoms with Crippen LogP contribution in [0.4, 0.5) is 0 Å². The number of carboxylic acids is 1. The molecule has 0 amide bonds. The van der Waals surface area contributed by atoms with Crippen molar-refractivity contribution in [3.05, 3.63) is 29.3 Å². The maximum Gasteiger partial charge on any atom is 0.307 e. The molecule has 0 fully saturated rings. The molecule has 0 saturated heterocycles. The van der Waals surface area contributed by atoms with Gasteiger partial charge >= 0.3 is 5.97 Å². The van der Waals surface area contributed by atoms with Gasteiger partial charge in [-0.2, -0.15) is 0 Å².